The molecule has 0 heterocycles. The third-order valence-corrected chi connectivity index (χ3v) is 5.97. The molecular weight excluding hydrogens is 467 g/mol. The van der Waals surface area contributed by atoms with E-state index in [0.29, 0.717) is 5.75 Å². The zero-order valence-electron chi connectivity index (χ0n) is 23.3. The highest BCUT2D eigenvalue weighted by molar-refractivity contribution is 6.24. The van der Waals surface area contributed by atoms with Crippen LogP contribution in [0.1, 0.15) is 117 Å². The van der Waals surface area contributed by atoms with Gasteiger partial charge in [0.05, 0.1) is 23.7 Å². The second-order valence-electron chi connectivity index (χ2n) is 8.82. The largest absolute Gasteiger partial charge is 0.507 e. The molecule has 1 rings (SSSR count). The Bertz CT molecular complexity index is 528. The Hall–Kier alpha value is -0.520. The number of benzene rings is 1. The molecule has 0 saturated heterocycles. The van der Waals surface area contributed by atoms with Crippen LogP contribution in [0.5, 0.6) is 5.75 Å². The molecule has 1 aromatic carbocycles. The Morgan fingerprint density at radius 3 is 1.38 bits per heavy atom. The average molecular weight is 522 g/mol. The van der Waals surface area contributed by atoms with E-state index in [0.717, 1.165) is 56.8 Å². The molecule has 0 bridgehead atoms. The standard InChI is InChI=1S/C25H46N2O.C3H8.Cl2O/c1-6-11-12-13-14-15-16-17-22-18-23(20-26(7-2)8-3)25(28)24(19-22)21-27(9-4)10-5;2*1-3-2/h18-19,28H,6-17,20-21H2,1-5H3;3H2,1-2H3;. The lowest BCUT2D eigenvalue weighted by atomic mass is 9.98. The minimum Gasteiger partial charge on any atom is -0.507 e. The number of phenolic OH excluding ortho intramolecular Hbond substituents is 1. The van der Waals surface area contributed by atoms with E-state index in [4.69, 9.17) is 0 Å². The maximum absolute atomic E-state index is 10.9. The molecule has 0 aliphatic carbocycles. The van der Waals surface area contributed by atoms with Gasteiger partial charge in [0.2, 0.25) is 0 Å². The molecule has 0 aliphatic heterocycles. The number of unbranched alkanes of at least 4 members (excludes halogenated alkanes) is 6. The lowest BCUT2D eigenvalue weighted by Crippen LogP contribution is -2.24. The van der Waals surface area contributed by atoms with Gasteiger partial charge >= 0.3 is 0 Å². The van der Waals surface area contributed by atoms with Crippen molar-refractivity contribution in [1.82, 2.24) is 9.80 Å². The fourth-order valence-corrected chi connectivity index (χ4v) is 3.88. The van der Waals surface area contributed by atoms with E-state index in [-0.39, 0.29) is 0 Å². The zero-order chi connectivity index (χ0) is 26.2. The molecule has 0 spiro atoms. The molecule has 0 aromatic heterocycles. The van der Waals surface area contributed by atoms with Gasteiger partial charge in [-0.05, 0) is 44.6 Å². The van der Waals surface area contributed by atoms with Gasteiger partial charge in [-0.2, -0.15) is 3.84 Å². The SMILES string of the molecule is CCC.CCCCCCCCCc1cc(CN(CC)CC)c(O)c(CN(CC)CC)c1.ClOCl. The Labute approximate surface area is 222 Å². The number of halogens is 2. The summed E-state index contributed by atoms with van der Waals surface area (Å²) in [6.07, 6.45) is 11.8. The maximum Gasteiger partial charge on any atom is 0.124 e. The summed E-state index contributed by atoms with van der Waals surface area (Å²) < 4.78 is 3.19. The molecule has 0 saturated carbocycles. The zero-order valence-corrected chi connectivity index (χ0v) is 24.8. The summed E-state index contributed by atoms with van der Waals surface area (Å²) in [4.78, 5) is 4.77. The fraction of sp³-hybridized carbons (Fsp3) is 0.786. The van der Waals surface area contributed by atoms with Gasteiger partial charge in [0.15, 0.2) is 0 Å². The molecule has 1 aromatic rings. The molecule has 0 radical (unpaired) electrons. The first kappa shape index (κ1) is 35.6. The van der Waals surface area contributed by atoms with Gasteiger partial charge in [0.25, 0.3) is 0 Å². The highest BCUT2D eigenvalue weighted by Gasteiger charge is 2.14. The number of phenols is 1. The molecule has 1 N–H and O–H groups in total. The van der Waals surface area contributed by atoms with E-state index in [2.05, 4.69) is 98.0 Å². The Balaban J connectivity index is 0. The molecule has 0 amide bonds. The smallest absolute Gasteiger partial charge is 0.124 e. The van der Waals surface area contributed by atoms with E-state index in [1.165, 1.54) is 56.9 Å². The predicted octanol–water partition coefficient (Wildman–Crippen LogP) is 9.10. The van der Waals surface area contributed by atoms with Gasteiger partial charge in [-0.25, -0.2) is 0 Å². The van der Waals surface area contributed by atoms with Crippen molar-refractivity contribution in [2.24, 2.45) is 0 Å². The van der Waals surface area contributed by atoms with Crippen molar-refractivity contribution in [3.8, 4) is 5.75 Å². The molecule has 0 fully saturated rings. The molecular formula is C28H54Cl2N2O2. The first-order valence-corrected chi connectivity index (χ1v) is 14.2. The Kier molecular flexibility index (Phi) is 26.8. The third kappa shape index (κ3) is 17.8. The number of hydrogen-bond acceptors (Lipinski definition) is 4. The number of aromatic hydroxyl groups is 1. The summed E-state index contributed by atoms with van der Waals surface area (Å²) in [6, 6.07) is 4.52. The van der Waals surface area contributed by atoms with Crippen molar-refractivity contribution in [1.29, 1.82) is 0 Å². The van der Waals surface area contributed by atoms with Crippen LogP contribution in [0.3, 0.4) is 0 Å². The molecule has 0 unspecified atom stereocenters. The van der Waals surface area contributed by atoms with E-state index >= 15 is 0 Å². The summed E-state index contributed by atoms with van der Waals surface area (Å²) in [5.74, 6) is 0.516. The summed E-state index contributed by atoms with van der Waals surface area (Å²) >= 11 is 8.53. The molecule has 6 heteroatoms. The van der Waals surface area contributed by atoms with Crippen LogP contribution in [0.4, 0.5) is 0 Å². The molecule has 4 nitrogen and oxygen atoms in total. The molecule has 0 atom stereocenters. The summed E-state index contributed by atoms with van der Waals surface area (Å²) in [7, 11) is 0. The van der Waals surface area contributed by atoms with Gasteiger partial charge in [0.1, 0.15) is 5.75 Å². The highest BCUT2D eigenvalue weighted by Crippen LogP contribution is 2.28. The van der Waals surface area contributed by atoms with E-state index in [9.17, 15) is 5.11 Å². The first-order valence-electron chi connectivity index (χ1n) is 13.6. The third-order valence-electron chi connectivity index (χ3n) is 5.97. The quantitative estimate of drug-likeness (QED) is 0.220. The summed E-state index contributed by atoms with van der Waals surface area (Å²) in [6.45, 7) is 21.1. The molecule has 202 valence electrons. The van der Waals surface area contributed by atoms with Crippen LogP contribution < -0.4 is 0 Å². The minimum absolute atomic E-state index is 0.516. The lowest BCUT2D eigenvalue weighted by Gasteiger charge is -2.23. The van der Waals surface area contributed by atoms with Crippen LogP contribution in [0.2, 0.25) is 0 Å². The van der Waals surface area contributed by atoms with Crippen LogP contribution >= 0.6 is 23.7 Å². The minimum atomic E-state index is 0.516. The lowest BCUT2D eigenvalue weighted by molar-refractivity contribution is 0.281. The van der Waals surface area contributed by atoms with Crippen molar-refractivity contribution in [3.05, 3.63) is 28.8 Å². The topological polar surface area (TPSA) is 35.9 Å². The Morgan fingerprint density at radius 2 is 1.03 bits per heavy atom. The van der Waals surface area contributed by atoms with Crippen LogP contribution in [0.15, 0.2) is 12.1 Å². The second kappa shape index (κ2) is 25.6. The number of aryl methyl sites for hydroxylation is 1. The molecule has 0 aliphatic rings. The van der Waals surface area contributed by atoms with E-state index < -0.39 is 0 Å². The van der Waals surface area contributed by atoms with Crippen LogP contribution in [0.25, 0.3) is 0 Å². The first-order chi connectivity index (χ1) is 16.4. The van der Waals surface area contributed by atoms with E-state index in [1.807, 2.05) is 0 Å². The average Bonchev–Trinajstić information content (AvgIpc) is 2.83. The number of nitrogens with zero attached hydrogens (tertiary/aromatic N) is 2. The van der Waals surface area contributed by atoms with Gasteiger partial charge in [-0.1, -0.05) is 106 Å². The second-order valence-corrected chi connectivity index (χ2v) is 9.29. The van der Waals surface area contributed by atoms with Crippen molar-refractivity contribution in [3.63, 3.8) is 0 Å². The number of hydrogen-bond donors (Lipinski definition) is 1. The fourth-order valence-electron chi connectivity index (χ4n) is 3.88. The Morgan fingerprint density at radius 1 is 0.676 bits per heavy atom. The highest BCUT2D eigenvalue weighted by atomic mass is 35.6. The summed E-state index contributed by atoms with van der Waals surface area (Å²) in [5.41, 5.74) is 3.60. The van der Waals surface area contributed by atoms with E-state index in [1.54, 1.807) is 0 Å². The molecule has 34 heavy (non-hydrogen) atoms. The summed E-state index contributed by atoms with van der Waals surface area (Å²) in [5, 5.41) is 10.9. The van der Waals surface area contributed by atoms with Gasteiger partial charge in [-0.3, -0.25) is 9.80 Å². The maximum atomic E-state index is 10.9. The van der Waals surface area contributed by atoms with Crippen molar-refractivity contribution < 1.29 is 8.95 Å². The van der Waals surface area contributed by atoms with Crippen molar-refractivity contribution >= 4 is 23.7 Å². The number of rotatable bonds is 16. The van der Waals surface area contributed by atoms with Crippen molar-refractivity contribution in [2.45, 2.75) is 119 Å². The van der Waals surface area contributed by atoms with Gasteiger partial charge in [0, 0.05) is 24.2 Å². The normalized spacial score (nSPS) is 10.7. The van der Waals surface area contributed by atoms with Crippen molar-refractivity contribution in [2.75, 3.05) is 26.2 Å². The monoisotopic (exact) mass is 520 g/mol. The van der Waals surface area contributed by atoms with Crippen LogP contribution in [-0.2, 0) is 23.4 Å². The van der Waals surface area contributed by atoms with Gasteiger partial charge in [-0.15, -0.1) is 0 Å². The predicted molar refractivity (Wildman–Crippen MR) is 152 cm³/mol. The van der Waals surface area contributed by atoms with Crippen LogP contribution in [0, 0.1) is 0 Å². The van der Waals surface area contributed by atoms with Gasteiger partial charge < -0.3 is 5.11 Å². The van der Waals surface area contributed by atoms with Crippen LogP contribution in [-0.4, -0.2) is 41.1 Å².